The number of hydrogen-bond acceptors (Lipinski definition) is 20. The summed E-state index contributed by atoms with van der Waals surface area (Å²) in [6, 6.07) is 14.4. The van der Waals surface area contributed by atoms with Gasteiger partial charge in [-0.2, -0.15) is 0 Å². The first kappa shape index (κ1) is 103. The molecule has 0 aliphatic carbocycles. The number of aromatic nitrogens is 1. The van der Waals surface area contributed by atoms with Gasteiger partial charge in [0.2, 0.25) is 88.6 Å². The molecule has 2 heterocycles. The molecule has 0 radical (unpaired) electrons. The maximum Gasteiger partial charge on any atom is 0.303 e. The minimum absolute atomic E-state index is 0.0227. The predicted octanol–water partition coefficient (Wildman–Crippen LogP) is 1.43. The Balaban J connectivity index is 1.23. The average Bonchev–Trinajstić information content (AvgIpc) is 1.81. The fourth-order valence-corrected chi connectivity index (χ4v) is 15.6. The minimum Gasteiger partial charge on any atom is -0.508 e. The smallest absolute Gasteiger partial charge is 0.303 e. The number of carbonyl (C=O) groups is 16. The molecule has 0 spiro atoms. The Bertz CT molecular complexity index is 5270. The third-order valence-corrected chi connectivity index (χ3v) is 24.0. The molecular formula is C92H114F3N17O19S. The predicted molar refractivity (Wildman–Crippen MR) is 481 cm³/mol. The Morgan fingerprint density at radius 3 is 1.46 bits per heavy atom. The summed E-state index contributed by atoms with van der Waals surface area (Å²) in [5.41, 5.74) is 13.8. The maximum absolute atomic E-state index is 15.5. The van der Waals surface area contributed by atoms with Gasteiger partial charge in [-0.1, -0.05) is 117 Å². The highest BCUT2D eigenvalue weighted by molar-refractivity contribution is 8.00. The van der Waals surface area contributed by atoms with Crippen LogP contribution >= 0.6 is 11.8 Å². The summed E-state index contributed by atoms with van der Waals surface area (Å²) in [6.07, 6.45) is -2.29. The molecule has 36 nitrogen and oxygen atoms in total. The van der Waals surface area contributed by atoms with Crippen LogP contribution in [0, 0.1) is 23.4 Å². The molecule has 40 heteroatoms. The number of halogens is 3. The number of para-hydroxylation sites is 1. The molecule has 15 amide bonds. The van der Waals surface area contributed by atoms with Crippen molar-refractivity contribution in [2.45, 2.75) is 177 Å². The summed E-state index contributed by atoms with van der Waals surface area (Å²) in [6.45, 7) is 6.11. The lowest BCUT2D eigenvalue weighted by atomic mass is 9.98. The van der Waals surface area contributed by atoms with E-state index in [4.69, 9.17) is 11.5 Å². The standard InChI is InChI=1S/C92H114F3N17O19S/c1-50(2)79-92(131)111(9)73(43-54-20-13-11-14-21-54)87(126)105-71(41-57-29-33-61(114)34-30-57)89(128)109(7)52(4)81(120)103-69(45-59-46-98-65-25-18-17-24-62(59)65)86(125)104-68(40-56-27-31-60(113)32-28-56)85(124)102-66(26-19-37-96)83(122)106-72(82(121)99-47-75(97)115)48-132-49-76(116)100-70(42-58-38-63(93)78(95)64(94)39-58)90(129)112(10)74(44-55-22-15-12-16-23-55)91(130)110(8)53(5)88(127)108(6)51(3)80(119)101-67(84(123)107-79)35-36-77(117)118/h11-18,20-25,27-34,38-39,46,50-53,66-74,79,98,113-114H,19,26,35-37,40-45,47-49,96H2,1-10H3,(H2,97,115)(H,99,121)(H,100,116)(H,101,119)(H,102,124)(H,103,120)(H,104,125)(H,105,126)(H,106,122)(H,107,123)(H,117,118)/t51-,52-,53+,66+,67+,68+,69+,70+,71+,72+,73+,74+,79+/m1/s1. The fourth-order valence-electron chi connectivity index (χ4n) is 14.7. The zero-order valence-corrected chi connectivity index (χ0v) is 75.5. The number of aromatic hydroxyl groups is 2. The van der Waals surface area contributed by atoms with Crippen molar-refractivity contribution in [1.29, 1.82) is 0 Å². The van der Waals surface area contributed by atoms with Gasteiger partial charge in [-0.15, -0.1) is 11.8 Å². The normalized spacial score (nSPS) is 22.8. The number of aromatic amines is 1. The van der Waals surface area contributed by atoms with Crippen LogP contribution in [0.4, 0.5) is 13.2 Å². The molecular weight excluding hydrogens is 1740 g/mol. The molecule has 1 aliphatic heterocycles. The van der Waals surface area contributed by atoms with Crippen molar-refractivity contribution in [2.75, 3.05) is 59.8 Å². The largest absolute Gasteiger partial charge is 0.508 e. The second-order valence-corrected chi connectivity index (χ2v) is 33.9. The van der Waals surface area contributed by atoms with Gasteiger partial charge < -0.3 is 104 Å². The number of carboxylic acid groups (broad SMARTS) is 1. The van der Waals surface area contributed by atoms with Crippen molar-refractivity contribution in [3.8, 4) is 11.5 Å². The molecule has 1 fully saturated rings. The SMILES string of the molecule is CC(C)[C@@H]1NC(=O)[C@H](CCC(=O)O)NC(=O)[C@@H](C)N(C)C(=O)[C@H](C)N(C)C(=O)[C@H](Cc2ccccc2)N(C)C(=O)[C@H](Cc2cc(F)c(F)c(F)c2)NC(=O)CSC[C@@H](C(=O)NCC(N)=O)NC(=O)[C@H](CCCN)NC(=O)[C@H](Cc2ccc(O)cc2)NC(=O)[C@H](Cc2c[nH]c3ccccc23)NC(=O)[C@@H](C)N(C)C(=O)[C@H](Cc2ccc(O)cc2)NC(=O)[C@H](Cc2ccccc2)N(C)C1=O. The molecule has 6 aromatic carbocycles. The molecule has 1 aliphatic rings. The Hall–Kier alpha value is -13.9. The van der Waals surface area contributed by atoms with Gasteiger partial charge in [0.1, 0.15) is 90.0 Å². The summed E-state index contributed by atoms with van der Waals surface area (Å²) >= 11 is 0.647. The quantitative estimate of drug-likeness (QED) is 0.0427. The number of phenolic OH excluding ortho intramolecular Hbond substituents is 2. The third kappa shape index (κ3) is 29.0. The molecule has 17 N–H and O–H groups in total. The number of nitrogens with one attached hydrogen (secondary N) is 10. The number of carboxylic acids is 1. The molecule has 7 aromatic rings. The zero-order valence-electron chi connectivity index (χ0n) is 74.7. The summed E-state index contributed by atoms with van der Waals surface area (Å²) in [5.74, 6) is -24.1. The number of hydrogen-bond donors (Lipinski definition) is 15. The second-order valence-electron chi connectivity index (χ2n) is 32.8. The van der Waals surface area contributed by atoms with E-state index in [2.05, 4.69) is 52.8 Å². The van der Waals surface area contributed by atoms with Crippen LogP contribution in [-0.2, 0) is 115 Å². The number of H-pyrrole nitrogens is 1. The van der Waals surface area contributed by atoms with Gasteiger partial charge in [0, 0.05) is 103 Å². The number of phenols is 2. The highest BCUT2D eigenvalue weighted by Gasteiger charge is 2.43. The van der Waals surface area contributed by atoms with E-state index >= 15 is 47.1 Å². The fraction of sp³-hybridized carbons (Fsp3) is 0.413. The lowest BCUT2D eigenvalue weighted by molar-refractivity contribution is -0.151. The number of fused-ring (bicyclic) bond motifs is 1. The number of likely N-dealkylation sites (N-methyl/N-ethyl adjacent to an activating group) is 5. The van der Waals surface area contributed by atoms with Gasteiger partial charge in [-0.3, -0.25) is 76.7 Å². The topological polar surface area (TPSA) is 526 Å². The third-order valence-electron chi connectivity index (χ3n) is 22.9. The molecule has 1 saturated heterocycles. The number of carbonyl (C=O) groups excluding carboxylic acids is 15. The maximum atomic E-state index is 15.5. The van der Waals surface area contributed by atoms with E-state index in [1.165, 1.54) is 97.5 Å². The van der Waals surface area contributed by atoms with Crippen molar-refractivity contribution in [1.82, 2.24) is 77.3 Å². The molecule has 13 atom stereocenters. The Kier molecular flexibility index (Phi) is 38.1. The molecule has 8 rings (SSSR count). The van der Waals surface area contributed by atoms with Crippen LogP contribution in [-0.4, -0.2) is 278 Å². The van der Waals surface area contributed by atoms with Gasteiger partial charge in [-0.05, 0) is 128 Å². The first-order valence-corrected chi connectivity index (χ1v) is 43.8. The van der Waals surface area contributed by atoms with Crippen molar-refractivity contribution >= 4 is 117 Å². The number of aliphatic carboxylic acids is 1. The van der Waals surface area contributed by atoms with Crippen LogP contribution in [0.2, 0.25) is 0 Å². The lowest BCUT2D eigenvalue weighted by Crippen LogP contribution is -2.62. The zero-order chi connectivity index (χ0) is 97.1. The van der Waals surface area contributed by atoms with Crippen LogP contribution in [0.25, 0.3) is 10.9 Å². The number of amides is 15. The van der Waals surface area contributed by atoms with Crippen molar-refractivity contribution in [3.63, 3.8) is 0 Å². The average molecular weight is 1850 g/mol. The van der Waals surface area contributed by atoms with Crippen LogP contribution in [0.15, 0.2) is 152 Å². The van der Waals surface area contributed by atoms with Gasteiger partial charge in [0.25, 0.3) is 0 Å². The number of primary amides is 1. The summed E-state index contributed by atoms with van der Waals surface area (Å²) in [7, 11) is 6.06. The van der Waals surface area contributed by atoms with Crippen molar-refractivity contribution < 1.29 is 105 Å². The van der Waals surface area contributed by atoms with E-state index in [1.807, 2.05) is 0 Å². The molecule has 0 bridgehead atoms. The van der Waals surface area contributed by atoms with E-state index in [1.54, 1.807) is 105 Å². The van der Waals surface area contributed by atoms with E-state index in [0.717, 1.165) is 31.5 Å². The Morgan fingerprint density at radius 1 is 0.470 bits per heavy atom. The Morgan fingerprint density at radius 2 is 0.909 bits per heavy atom. The lowest BCUT2D eigenvalue weighted by Gasteiger charge is -2.36. The molecule has 708 valence electrons. The molecule has 0 unspecified atom stereocenters. The van der Waals surface area contributed by atoms with E-state index in [0.29, 0.717) is 62.6 Å². The second kappa shape index (κ2) is 48.6. The van der Waals surface area contributed by atoms with Crippen LogP contribution in [0.3, 0.4) is 0 Å². The van der Waals surface area contributed by atoms with Crippen LogP contribution < -0.4 is 59.3 Å². The number of nitrogens with two attached hydrogens (primary N) is 2. The summed E-state index contributed by atoms with van der Waals surface area (Å²) in [4.78, 5) is 243. The van der Waals surface area contributed by atoms with Crippen molar-refractivity contribution in [3.05, 3.63) is 203 Å². The molecule has 0 saturated carbocycles. The number of nitrogens with zero attached hydrogens (tertiary/aromatic N) is 5. The van der Waals surface area contributed by atoms with E-state index in [-0.39, 0.29) is 68.6 Å². The van der Waals surface area contributed by atoms with Gasteiger partial charge in [0.15, 0.2) is 17.5 Å². The highest BCUT2D eigenvalue weighted by Crippen LogP contribution is 2.25. The highest BCUT2D eigenvalue weighted by atomic mass is 32.2. The number of rotatable bonds is 22. The monoisotopic (exact) mass is 1850 g/mol. The van der Waals surface area contributed by atoms with Gasteiger partial charge in [-0.25, -0.2) is 13.2 Å². The number of thioether (sulfide) groups is 1. The summed E-state index contributed by atoms with van der Waals surface area (Å²) < 4.78 is 44.8. The minimum atomic E-state index is -1.88. The first-order chi connectivity index (χ1) is 62.5. The summed E-state index contributed by atoms with van der Waals surface area (Å²) in [5, 5.41) is 54.8. The molecule has 132 heavy (non-hydrogen) atoms. The molecule has 1 aromatic heterocycles. The van der Waals surface area contributed by atoms with Gasteiger partial charge >= 0.3 is 5.97 Å². The number of benzene rings is 6. The van der Waals surface area contributed by atoms with Crippen LogP contribution in [0.5, 0.6) is 11.5 Å². The first-order valence-electron chi connectivity index (χ1n) is 42.7. The van der Waals surface area contributed by atoms with Crippen molar-refractivity contribution in [2.24, 2.45) is 17.4 Å². The van der Waals surface area contributed by atoms with Crippen LogP contribution in [0.1, 0.15) is 93.7 Å². The van der Waals surface area contributed by atoms with E-state index in [9.17, 15) is 58.1 Å². The van der Waals surface area contributed by atoms with Gasteiger partial charge in [0.05, 0.1) is 12.3 Å². The van der Waals surface area contributed by atoms with E-state index < -0.39 is 234 Å². The Labute approximate surface area is 764 Å².